The highest BCUT2D eigenvalue weighted by Gasteiger charge is 2.22. The van der Waals surface area contributed by atoms with Gasteiger partial charge >= 0.3 is 0 Å². The molecule has 0 aromatic heterocycles. The van der Waals surface area contributed by atoms with E-state index in [1.807, 2.05) is 0 Å². The van der Waals surface area contributed by atoms with Gasteiger partial charge in [0.2, 0.25) is 5.75 Å². The van der Waals surface area contributed by atoms with E-state index < -0.39 is 10.2 Å². The molecule has 0 saturated carbocycles. The number of hydrogen-bond donors (Lipinski definition) is 0. The van der Waals surface area contributed by atoms with E-state index in [1.54, 1.807) is 12.1 Å². The molecular formula is C13H22N2O5S. The molecule has 0 bridgehead atoms. The molecule has 0 atom stereocenters. The number of ether oxygens (including phenoxy) is 3. The number of rotatable bonds is 7. The summed E-state index contributed by atoms with van der Waals surface area (Å²) in [6, 6.07) is 3.45. The van der Waals surface area contributed by atoms with Crippen molar-refractivity contribution in [1.29, 1.82) is 0 Å². The van der Waals surface area contributed by atoms with Crippen molar-refractivity contribution in [3.63, 3.8) is 0 Å². The summed E-state index contributed by atoms with van der Waals surface area (Å²) in [6.45, 7) is 0.192. The average Bonchev–Trinajstić information content (AvgIpc) is 2.45. The van der Waals surface area contributed by atoms with Crippen LogP contribution in [0.2, 0.25) is 0 Å². The Kier molecular flexibility index (Phi) is 5.82. The Bertz CT molecular complexity index is 561. The molecule has 0 aliphatic heterocycles. The van der Waals surface area contributed by atoms with Crippen molar-refractivity contribution in [3.05, 3.63) is 17.7 Å². The minimum atomic E-state index is -3.48. The van der Waals surface area contributed by atoms with Gasteiger partial charge in [0.1, 0.15) is 0 Å². The van der Waals surface area contributed by atoms with Gasteiger partial charge in [-0.2, -0.15) is 17.0 Å². The first-order valence-corrected chi connectivity index (χ1v) is 7.60. The molecule has 0 saturated heterocycles. The molecule has 8 heteroatoms. The minimum absolute atomic E-state index is 0.192. The fourth-order valence-electron chi connectivity index (χ4n) is 1.84. The lowest BCUT2D eigenvalue weighted by Crippen LogP contribution is -2.36. The fraction of sp³-hybridized carbons (Fsp3) is 0.538. The topological polar surface area (TPSA) is 68.3 Å². The first kappa shape index (κ1) is 17.5. The normalized spacial score (nSPS) is 11.8. The van der Waals surface area contributed by atoms with Crippen molar-refractivity contribution in [2.45, 2.75) is 6.54 Å². The van der Waals surface area contributed by atoms with Crippen LogP contribution in [0.4, 0.5) is 0 Å². The third-order valence-corrected chi connectivity index (χ3v) is 4.82. The Morgan fingerprint density at radius 2 is 1.43 bits per heavy atom. The summed E-state index contributed by atoms with van der Waals surface area (Å²) < 4.78 is 42.2. The van der Waals surface area contributed by atoms with E-state index in [1.165, 1.54) is 46.8 Å². The van der Waals surface area contributed by atoms with Gasteiger partial charge < -0.3 is 14.2 Å². The molecule has 120 valence electrons. The molecule has 21 heavy (non-hydrogen) atoms. The van der Waals surface area contributed by atoms with Crippen molar-refractivity contribution in [2.24, 2.45) is 0 Å². The van der Waals surface area contributed by atoms with E-state index in [4.69, 9.17) is 14.2 Å². The maximum absolute atomic E-state index is 12.0. The summed E-state index contributed by atoms with van der Waals surface area (Å²) in [5.41, 5.74) is 0.734. The van der Waals surface area contributed by atoms with Crippen LogP contribution in [0.25, 0.3) is 0 Å². The highest BCUT2D eigenvalue weighted by molar-refractivity contribution is 7.86. The van der Waals surface area contributed by atoms with Gasteiger partial charge in [-0.25, -0.2) is 0 Å². The number of nitrogens with zero attached hydrogens (tertiary/aromatic N) is 2. The molecule has 0 aliphatic rings. The van der Waals surface area contributed by atoms with Gasteiger partial charge in [-0.15, -0.1) is 0 Å². The lowest BCUT2D eigenvalue weighted by atomic mass is 10.2. The molecule has 7 nitrogen and oxygen atoms in total. The van der Waals surface area contributed by atoms with Crippen LogP contribution in [-0.4, -0.2) is 59.5 Å². The fourth-order valence-corrected chi connectivity index (χ4v) is 2.71. The van der Waals surface area contributed by atoms with Crippen LogP contribution in [0, 0.1) is 0 Å². The maximum Gasteiger partial charge on any atom is 0.281 e. The lowest BCUT2D eigenvalue weighted by molar-refractivity contribution is 0.323. The summed E-state index contributed by atoms with van der Waals surface area (Å²) in [5, 5.41) is 0. The Balaban J connectivity index is 3.15. The minimum Gasteiger partial charge on any atom is -0.493 e. The van der Waals surface area contributed by atoms with Gasteiger partial charge in [-0.3, -0.25) is 0 Å². The van der Waals surface area contributed by atoms with Crippen LogP contribution in [0.3, 0.4) is 0 Å². The van der Waals surface area contributed by atoms with E-state index >= 15 is 0 Å². The summed E-state index contributed by atoms with van der Waals surface area (Å²) in [7, 11) is 5.56. The molecular weight excluding hydrogens is 296 g/mol. The first-order valence-electron chi connectivity index (χ1n) is 6.20. The number of benzene rings is 1. The van der Waals surface area contributed by atoms with Gasteiger partial charge in [0.25, 0.3) is 10.2 Å². The standard InChI is InChI=1S/C13H22N2O5S/c1-14(2)21(16,17)15(3)9-10-7-11(18-4)13(20-6)12(8-10)19-5/h7-8H,9H2,1-6H3. The van der Waals surface area contributed by atoms with Crippen LogP contribution < -0.4 is 14.2 Å². The molecule has 0 amide bonds. The SMILES string of the molecule is COc1cc(CN(C)S(=O)(=O)N(C)C)cc(OC)c1OC. The Labute approximate surface area is 126 Å². The highest BCUT2D eigenvalue weighted by Crippen LogP contribution is 2.38. The van der Waals surface area contributed by atoms with E-state index in [-0.39, 0.29) is 6.54 Å². The van der Waals surface area contributed by atoms with Gasteiger partial charge in [0.15, 0.2) is 11.5 Å². The van der Waals surface area contributed by atoms with Gasteiger partial charge in [0, 0.05) is 27.7 Å². The molecule has 1 rings (SSSR count). The molecule has 0 heterocycles. The number of hydrogen-bond acceptors (Lipinski definition) is 5. The molecule has 0 N–H and O–H groups in total. The quantitative estimate of drug-likeness (QED) is 0.749. The van der Waals surface area contributed by atoms with E-state index in [0.29, 0.717) is 17.2 Å². The second-order valence-corrected chi connectivity index (χ2v) is 6.83. The van der Waals surface area contributed by atoms with Crippen molar-refractivity contribution < 1.29 is 22.6 Å². The molecule has 1 aromatic rings. The summed E-state index contributed by atoms with van der Waals surface area (Å²) in [5.74, 6) is 1.45. The van der Waals surface area contributed by atoms with Crippen LogP contribution in [0.5, 0.6) is 17.2 Å². The van der Waals surface area contributed by atoms with Crippen LogP contribution in [0.1, 0.15) is 5.56 Å². The molecule has 0 fully saturated rings. The Morgan fingerprint density at radius 1 is 0.952 bits per heavy atom. The third-order valence-electron chi connectivity index (χ3n) is 2.99. The zero-order chi connectivity index (χ0) is 16.2. The molecule has 0 radical (unpaired) electrons. The van der Waals surface area contributed by atoms with Crippen molar-refractivity contribution in [1.82, 2.24) is 8.61 Å². The summed E-state index contributed by atoms with van der Waals surface area (Å²) in [4.78, 5) is 0. The van der Waals surface area contributed by atoms with Crippen molar-refractivity contribution in [2.75, 3.05) is 42.5 Å². The smallest absolute Gasteiger partial charge is 0.281 e. The van der Waals surface area contributed by atoms with Crippen LogP contribution in [0.15, 0.2) is 12.1 Å². The predicted molar refractivity (Wildman–Crippen MR) is 80.2 cm³/mol. The first-order chi connectivity index (χ1) is 9.77. The largest absolute Gasteiger partial charge is 0.493 e. The van der Waals surface area contributed by atoms with Crippen LogP contribution in [-0.2, 0) is 16.8 Å². The molecule has 0 aliphatic carbocycles. The second kappa shape index (κ2) is 6.97. The van der Waals surface area contributed by atoms with Crippen molar-refractivity contribution in [3.8, 4) is 17.2 Å². The van der Waals surface area contributed by atoms with E-state index in [2.05, 4.69) is 0 Å². The van der Waals surface area contributed by atoms with Gasteiger partial charge in [-0.05, 0) is 17.7 Å². The lowest BCUT2D eigenvalue weighted by Gasteiger charge is -2.22. The predicted octanol–water partition coefficient (Wildman–Crippen LogP) is 0.951. The maximum atomic E-state index is 12.0. The second-order valence-electron chi connectivity index (χ2n) is 4.58. The van der Waals surface area contributed by atoms with E-state index in [9.17, 15) is 8.42 Å². The zero-order valence-corrected chi connectivity index (χ0v) is 14.0. The summed E-state index contributed by atoms with van der Waals surface area (Å²) in [6.07, 6.45) is 0. The molecule has 0 unspecified atom stereocenters. The van der Waals surface area contributed by atoms with Gasteiger partial charge in [0.05, 0.1) is 21.3 Å². The van der Waals surface area contributed by atoms with Crippen LogP contribution >= 0.6 is 0 Å². The average molecular weight is 318 g/mol. The zero-order valence-electron chi connectivity index (χ0n) is 13.2. The Hall–Kier alpha value is -1.51. The Morgan fingerprint density at radius 3 is 1.76 bits per heavy atom. The number of methoxy groups -OCH3 is 3. The van der Waals surface area contributed by atoms with Crippen molar-refractivity contribution >= 4 is 10.2 Å². The highest BCUT2D eigenvalue weighted by atomic mass is 32.2. The molecule has 0 spiro atoms. The van der Waals surface area contributed by atoms with Gasteiger partial charge in [-0.1, -0.05) is 0 Å². The van der Waals surface area contributed by atoms with E-state index in [0.717, 1.165) is 9.87 Å². The third kappa shape index (κ3) is 3.78. The monoisotopic (exact) mass is 318 g/mol. The summed E-state index contributed by atoms with van der Waals surface area (Å²) >= 11 is 0. The molecule has 1 aromatic carbocycles.